The van der Waals surface area contributed by atoms with Gasteiger partial charge in [-0.1, -0.05) is 36.9 Å². The Morgan fingerprint density at radius 2 is 2.22 bits per heavy atom. The number of likely N-dealkylation sites (N-methyl/N-ethyl adjacent to an activating group) is 1. The molecule has 1 aromatic rings. The molecule has 0 saturated carbocycles. The Balaban J connectivity index is 1.76. The van der Waals surface area contributed by atoms with Crippen LogP contribution in [0.2, 0.25) is 0 Å². The Morgan fingerprint density at radius 1 is 1.35 bits per heavy atom. The van der Waals surface area contributed by atoms with Crippen molar-refractivity contribution < 1.29 is 4.39 Å². The number of likely N-dealkylation sites (tertiary alicyclic amines) is 1. The van der Waals surface area contributed by atoms with Crippen molar-refractivity contribution >= 4 is 16.9 Å². The highest BCUT2D eigenvalue weighted by molar-refractivity contribution is 8.13. The molecule has 3 nitrogen and oxygen atoms in total. The second-order valence-corrected chi connectivity index (χ2v) is 7.32. The summed E-state index contributed by atoms with van der Waals surface area (Å²) < 4.78 is 14.1. The maximum absolute atomic E-state index is 14.1. The molecule has 3 rings (SSSR count). The van der Waals surface area contributed by atoms with Crippen LogP contribution in [0, 0.1) is 5.82 Å². The summed E-state index contributed by atoms with van der Waals surface area (Å²) in [5.74, 6) is 1.01. The van der Waals surface area contributed by atoms with E-state index in [0.717, 1.165) is 42.5 Å². The highest BCUT2D eigenvalue weighted by atomic mass is 32.2. The summed E-state index contributed by atoms with van der Waals surface area (Å²) in [5, 5.41) is 1.10. The van der Waals surface area contributed by atoms with Crippen LogP contribution in [0.1, 0.15) is 31.7 Å². The molecule has 0 aliphatic carbocycles. The van der Waals surface area contributed by atoms with Crippen LogP contribution < -0.4 is 0 Å². The van der Waals surface area contributed by atoms with E-state index in [2.05, 4.69) is 16.7 Å². The summed E-state index contributed by atoms with van der Waals surface area (Å²) >= 11 is 1.82. The maximum atomic E-state index is 14.1. The Hall–Kier alpha value is -1.07. The highest BCUT2D eigenvalue weighted by Gasteiger charge is 2.27. The van der Waals surface area contributed by atoms with Gasteiger partial charge in [-0.2, -0.15) is 0 Å². The van der Waals surface area contributed by atoms with Gasteiger partial charge in [0, 0.05) is 37.0 Å². The van der Waals surface area contributed by atoms with Crippen LogP contribution in [0.15, 0.2) is 29.3 Å². The third-order valence-electron chi connectivity index (χ3n) is 4.71. The summed E-state index contributed by atoms with van der Waals surface area (Å²) in [6, 6.07) is 7.68. The van der Waals surface area contributed by atoms with Crippen LogP contribution in [0.25, 0.3) is 0 Å². The largest absolute Gasteiger partial charge is 0.345 e. The van der Waals surface area contributed by atoms with E-state index in [-0.39, 0.29) is 5.82 Å². The quantitative estimate of drug-likeness (QED) is 0.819. The highest BCUT2D eigenvalue weighted by Crippen LogP contribution is 2.23. The van der Waals surface area contributed by atoms with Crippen molar-refractivity contribution in [2.45, 2.75) is 38.8 Å². The van der Waals surface area contributed by atoms with Gasteiger partial charge in [-0.05, 0) is 38.4 Å². The number of amidine groups is 1. The molecule has 2 heterocycles. The van der Waals surface area contributed by atoms with Gasteiger partial charge in [-0.15, -0.1) is 0 Å². The lowest BCUT2D eigenvalue weighted by atomic mass is 10.1. The monoisotopic (exact) mass is 335 g/mol. The Morgan fingerprint density at radius 3 is 2.96 bits per heavy atom. The molecule has 0 N–H and O–H groups in total. The minimum absolute atomic E-state index is 0.113. The molecule has 2 aliphatic heterocycles. The van der Waals surface area contributed by atoms with Crippen LogP contribution in [0.4, 0.5) is 4.39 Å². The van der Waals surface area contributed by atoms with Crippen LogP contribution in [0.3, 0.4) is 0 Å². The SMILES string of the molecule is CCN1CCCC1CN(Cc1ccccc1F)C1=NCCCS1. The van der Waals surface area contributed by atoms with E-state index in [9.17, 15) is 4.39 Å². The van der Waals surface area contributed by atoms with Crippen molar-refractivity contribution in [1.82, 2.24) is 9.80 Å². The first-order chi connectivity index (χ1) is 11.3. The number of hydrogen-bond acceptors (Lipinski definition) is 4. The fraction of sp³-hybridized carbons (Fsp3) is 0.611. The number of halogens is 1. The number of rotatable bonds is 5. The van der Waals surface area contributed by atoms with E-state index in [4.69, 9.17) is 4.99 Å². The summed E-state index contributed by atoms with van der Waals surface area (Å²) in [6.07, 6.45) is 3.65. The van der Waals surface area contributed by atoms with Crippen molar-refractivity contribution in [1.29, 1.82) is 0 Å². The summed E-state index contributed by atoms with van der Waals surface area (Å²) in [5.41, 5.74) is 0.766. The van der Waals surface area contributed by atoms with Crippen molar-refractivity contribution in [2.75, 3.05) is 31.9 Å². The molecule has 0 spiro atoms. The zero-order valence-electron chi connectivity index (χ0n) is 13.9. The lowest BCUT2D eigenvalue weighted by Gasteiger charge is -2.33. The van der Waals surface area contributed by atoms with Gasteiger partial charge in [0.15, 0.2) is 5.17 Å². The van der Waals surface area contributed by atoms with Gasteiger partial charge < -0.3 is 4.90 Å². The first kappa shape index (κ1) is 16.8. The van der Waals surface area contributed by atoms with Gasteiger partial charge in [-0.3, -0.25) is 9.89 Å². The second kappa shape index (κ2) is 8.15. The number of hydrogen-bond donors (Lipinski definition) is 0. The molecule has 23 heavy (non-hydrogen) atoms. The van der Waals surface area contributed by atoms with Crippen LogP contribution in [-0.2, 0) is 6.54 Å². The van der Waals surface area contributed by atoms with Gasteiger partial charge in [0.2, 0.25) is 0 Å². The zero-order chi connectivity index (χ0) is 16.1. The first-order valence-electron chi connectivity index (χ1n) is 8.67. The van der Waals surface area contributed by atoms with E-state index in [1.54, 1.807) is 12.1 Å². The Labute approximate surface area is 143 Å². The fourth-order valence-electron chi connectivity index (χ4n) is 3.45. The number of thioether (sulfide) groups is 1. The van der Waals surface area contributed by atoms with Crippen LogP contribution in [0.5, 0.6) is 0 Å². The Kier molecular flexibility index (Phi) is 5.95. The van der Waals surface area contributed by atoms with E-state index in [0.29, 0.717) is 12.6 Å². The van der Waals surface area contributed by atoms with Crippen LogP contribution >= 0.6 is 11.8 Å². The molecular formula is C18H26FN3S. The molecule has 5 heteroatoms. The van der Waals surface area contributed by atoms with Gasteiger partial charge in [0.05, 0.1) is 0 Å². The van der Waals surface area contributed by atoms with Crippen molar-refractivity contribution in [3.63, 3.8) is 0 Å². The molecule has 0 amide bonds. The number of aliphatic imine (C=N–C) groups is 1. The Bertz CT molecular complexity index is 549. The third-order valence-corrected chi connectivity index (χ3v) is 5.84. The lowest BCUT2D eigenvalue weighted by Crippen LogP contribution is -2.42. The molecular weight excluding hydrogens is 309 g/mol. The molecule has 0 aromatic heterocycles. The third kappa shape index (κ3) is 4.27. The van der Waals surface area contributed by atoms with E-state index < -0.39 is 0 Å². The first-order valence-corrected chi connectivity index (χ1v) is 9.66. The fourth-order valence-corrected chi connectivity index (χ4v) is 4.42. The smallest absolute Gasteiger partial charge is 0.159 e. The normalized spacial score (nSPS) is 22.2. The number of benzene rings is 1. The summed E-state index contributed by atoms with van der Waals surface area (Å²) in [6.45, 7) is 6.98. The minimum Gasteiger partial charge on any atom is -0.345 e. The van der Waals surface area contributed by atoms with Crippen molar-refractivity contribution in [2.24, 2.45) is 4.99 Å². The molecule has 2 aliphatic rings. The summed E-state index contributed by atoms with van der Waals surface area (Å²) in [7, 11) is 0. The van der Waals surface area contributed by atoms with Crippen LogP contribution in [-0.4, -0.2) is 52.9 Å². The predicted molar refractivity (Wildman–Crippen MR) is 96.5 cm³/mol. The standard InChI is InChI=1S/C18H26FN3S/c1-2-21-11-5-8-16(21)14-22(18-20-10-6-12-23-18)13-15-7-3-4-9-17(15)19/h3-4,7,9,16H,2,5-6,8,10-14H2,1H3. The van der Waals surface area contributed by atoms with Gasteiger partial charge in [0.25, 0.3) is 0 Å². The average Bonchev–Trinajstić information content (AvgIpc) is 3.04. The van der Waals surface area contributed by atoms with Gasteiger partial charge in [0.1, 0.15) is 5.82 Å². The minimum atomic E-state index is -0.113. The average molecular weight is 335 g/mol. The predicted octanol–water partition coefficient (Wildman–Crippen LogP) is 3.60. The van der Waals surface area contributed by atoms with Gasteiger partial charge >= 0.3 is 0 Å². The second-order valence-electron chi connectivity index (χ2n) is 6.26. The molecule has 1 saturated heterocycles. The molecule has 126 valence electrons. The molecule has 0 radical (unpaired) electrons. The maximum Gasteiger partial charge on any atom is 0.159 e. The van der Waals surface area contributed by atoms with Crippen molar-refractivity contribution in [3.8, 4) is 0 Å². The number of nitrogens with zero attached hydrogens (tertiary/aromatic N) is 3. The molecule has 1 fully saturated rings. The van der Waals surface area contributed by atoms with Gasteiger partial charge in [-0.25, -0.2) is 4.39 Å². The van der Waals surface area contributed by atoms with Crippen molar-refractivity contribution in [3.05, 3.63) is 35.6 Å². The molecule has 0 bridgehead atoms. The molecule has 1 unspecified atom stereocenters. The van der Waals surface area contributed by atoms with E-state index >= 15 is 0 Å². The molecule has 1 aromatic carbocycles. The van der Waals surface area contributed by atoms with E-state index in [1.165, 1.54) is 19.4 Å². The molecule has 1 atom stereocenters. The van der Waals surface area contributed by atoms with E-state index in [1.807, 2.05) is 23.9 Å². The topological polar surface area (TPSA) is 18.8 Å². The zero-order valence-corrected chi connectivity index (χ0v) is 14.7. The lowest BCUT2D eigenvalue weighted by molar-refractivity contribution is 0.221. The summed E-state index contributed by atoms with van der Waals surface area (Å²) in [4.78, 5) is 9.56.